The highest BCUT2D eigenvalue weighted by molar-refractivity contribution is 7.47. The van der Waals surface area contributed by atoms with Crippen molar-refractivity contribution in [3.63, 3.8) is 0 Å². The second-order valence-corrected chi connectivity index (χ2v) is 29.3. The van der Waals surface area contributed by atoms with E-state index in [4.69, 9.17) is 13.8 Å². The van der Waals surface area contributed by atoms with Crippen LogP contribution < -0.4 is 5.32 Å². The summed E-state index contributed by atoms with van der Waals surface area (Å²) in [4.78, 5) is 38.1. The van der Waals surface area contributed by atoms with Crippen molar-refractivity contribution in [3.8, 4) is 0 Å². The van der Waals surface area contributed by atoms with Crippen molar-refractivity contribution in [1.82, 2.24) is 5.32 Å². The number of esters is 1. The van der Waals surface area contributed by atoms with Crippen LogP contribution in [0.4, 0.5) is 0 Å². The van der Waals surface area contributed by atoms with Crippen LogP contribution in [-0.2, 0) is 27.9 Å². The number of likely N-dealkylation sites (N-methyl/N-ethyl adjacent to an activating group) is 1. The maximum absolute atomic E-state index is 13.7. The third-order valence-corrected chi connectivity index (χ3v) is 18.5. The fourth-order valence-corrected chi connectivity index (χ4v) is 12.2. The predicted molar refractivity (Wildman–Crippen MR) is 406 cm³/mol. The van der Waals surface area contributed by atoms with Crippen molar-refractivity contribution < 1.29 is 37.3 Å². The number of hydrogen-bond acceptors (Lipinski definition) is 6. The molecule has 0 saturated heterocycles. The van der Waals surface area contributed by atoms with Gasteiger partial charge in [-0.2, -0.15) is 0 Å². The Bertz CT molecular complexity index is 1910. The molecule has 0 rings (SSSR count). The molecule has 10 heteroatoms. The molecule has 0 aromatic carbocycles. The maximum atomic E-state index is 13.7. The second-order valence-electron chi connectivity index (χ2n) is 27.9. The normalized spacial score (nSPS) is 13.9. The summed E-state index contributed by atoms with van der Waals surface area (Å²) in [5.74, 6) is -0.496. The third-order valence-electron chi connectivity index (χ3n) is 17.5. The lowest BCUT2D eigenvalue weighted by molar-refractivity contribution is -0.870. The van der Waals surface area contributed by atoms with E-state index in [1.165, 1.54) is 238 Å². The second kappa shape index (κ2) is 71.7. The minimum atomic E-state index is -4.46. The van der Waals surface area contributed by atoms with Gasteiger partial charge in [0.15, 0.2) is 0 Å². The molecule has 1 amide bonds. The summed E-state index contributed by atoms with van der Waals surface area (Å²) in [6.45, 7) is 6.92. The largest absolute Gasteiger partial charge is 0.472 e. The van der Waals surface area contributed by atoms with Crippen LogP contribution in [0.3, 0.4) is 0 Å². The molecule has 0 radical (unpaired) electrons. The molecule has 0 aliphatic rings. The number of ether oxygens (including phenoxy) is 1. The molecule has 9 nitrogen and oxygen atoms in total. The van der Waals surface area contributed by atoms with Crippen LogP contribution in [0, 0.1) is 0 Å². The average molecular weight is 1320 g/mol. The van der Waals surface area contributed by atoms with Gasteiger partial charge in [0.05, 0.1) is 33.8 Å². The quantitative estimate of drug-likeness (QED) is 0.0205. The number of carbonyl (C=O) groups excluding carboxylic acids is 2. The van der Waals surface area contributed by atoms with Crippen LogP contribution >= 0.6 is 7.82 Å². The Hall–Kier alpha value is -3.07. The molecular formula is C83H152N2O7P+. The van der Waals surface area contributed by atoms with Crippen molar-refractivity contribution in [2.45, 2.75) is 380 Å². The van der Waals surface area contributed by atoms with E-state index in [1.54, 1.807) is 0 Å². The minimum absolute atomic E-state index is 0.0381. The number of rotatable bonds is 72. The molecule has 0 aromatic rings. The van der Waals surface area contributed by atoms with E-state index in [0.717, 1.165) is 96.3 Å². The Labute approximate surface area is 577 Å². The summed E-state index contributed by atoms with van der Waals surface area (Å²) < 4.78 is 30.9. The maximum Gasteiger partial charge on any atom is 0.472 e. The van der Waals surface area contributed by atoms with Gasteiger partial charge < -0.3 is 19.4 Å². The van der Waals surface area contributed by atoms with Gasteiger partial charge in [-0.1, -0.05) is 343 Å². The Balaban J connectivity index is 4.97. The number of nitrogens with zero attached hydrogens (tertiary/aromatic N) is 1. The van der Waals surface area contributed by atoms with Crippen molar-refractivity contribution in [2.24, 2.45) is 0 Å². The van der Waals surface area contributed by atoms with Crippen LogP contribution in [0.5, 0.6) is 0 Å². The number of phosphoric ester groups is 1. The molecule has 0 bridgehead atoms. The monoisotopic (exact) mass is 1320 g/mol. The molecule has 0 saturated carbocycles. The molecule has 3 unspecified atom stereocenters. The van der Waals surface area contributed by atoms with E-state index in [2.05, 4.69) is 117 Å². The van der Waals surface area contributed by atoms with Gasteiger partial charge in [-0.15, -0.1) is 0 Å². The smallest absolute Gasteiger partial charge is 0.456 e. The van der Waals surface area contributed by atoms with Crippen molar-refractivity contribution >= 4 is 19.7 Å². The SMILES string of the molecule is CC/C=C\C/C=C\C/C=C\C/C=C\C/C=C\CCCCCCCCCCCCCC(=O)OC(/C=C/CCCCCCCCCCCCC)C(COP(=O)(O)OCC[N+](C)(C)C)NC(=O)CCCCCCCCCCCCCCCCCCC/C=C\C/C=C\CCCCC. The van der Waals surface area contributed by atoms with Crippen molar-refractivity contribution in [2.75, 3.05) is 40.9 Å². The van der Waals surface area contributed by atoms with Gasteiger partial charge in [0, 0.05) is 12.8 Å². The van der Waals surface area contributed by atoms with Gasteiger partial charge in [-0.3, -0.25) is 18.6 Å². The van der Waals surface area contributed by atoms with Crippen LogP contribution in [0.25, 0.3) is 0 Å². The molecule has 0 aliphatic carbocycles. The average Bonchev–Trinajstić information content (AvgIpc) is 2.15. The molecule has 540 valence electrons. The summed E-state index contributed by atoms with van der Waals surface area (Å²) in [5.41, 5.74) is 0. The number of nitrogens with one attached hydrogen (secondary N) is 1. The standard InChI is InChI=1S/C83H151N2O7P/c1-7-10-13-16-19-22-25-28-30-32-34-36-38-40-42-44-46-48-50-52-54-57-60-63-66-69-72-75-82(86)84-80(79-91-93(88,89)90-78-77-85(4,5)6)81(74-71-68-65-62-59-56-27-24-21-18-15-12-9-3)92-83(87)76-73-70-67-64-61-58-55-53-51-49-47-45-43-41-39-37-35-33-31-29-26-23-20-17-14-11-8-2/h11,14,19-20,22-23,28-31,35,37,41,43,71,74,80-81H,7-10,12-13,15-18,21,24-27,32-34,36,38-40,42,44-70,72-73,75-79H2,1-6H3,(H-,84,86,88,89)/p+1/b14-11-,22-19-,23-20-,30-28-,31-29-,37-35-,43-41-,74-71+. The number of carbonyl (C=O) groups is 2. The summed E-state index contributed by atoms with van der Waals surface area (Å²) in [7, 11) is 1.50. The lowest BCUT2D eigenvalue weighted by Gasteiger charge is -2.27. The summed E-state index contributed by atoms with van der Waals surface area (Å²) in [6, 6.07) is -0.855. The molecule has 2 N–H and O–H groups in total. The van der Waals surface area contributed by atoms with Crippen LogP contribution in [0.2, 0.25) is 0 Å². The molecule has 0 fully saturated rings. The number of hydrogen-bond donors (Lipinski definition) is 2. The predicted octanol–water partition coefficient (Wildman–Crippen LogP) is 25.8. The summed E-state index contributed by atoms with van der Waals surface area (Å²) >= 11 is 0. The first-order valence-electron chi connectivity index (χ1n) is 39.6. The Morgan fingerprint density at radius 2 is 0.688 bits per heavy atom. The lowest BCUT2D eigenvalue weighted by Crippen LogP contribution is -2.47. The zero-order chi connectivity index (χ0) is 67.8. The molecular weight excluding hydrogens is 1170 g/mol. The molecule has 0 aliphatic heterocycles. The highest BCUT2D eigenvalue weighted by Crippen LogP contribution is 2.43. The molecule has 0 aromatic heterocycles. The van der Waals surface area contributed by atoms with Gasteiger partial charge in [-0.05, 0) is 109 Å². The van der Waals surface area contributed by atoms with E-state index < -0.39 is 20.0 Å². The van der Waals surface area contributed by atoms with Gasteiger partial charge >= 0.3 is 13.8 Å². The van der Waals surface area contributed by atoms with Gasteiger partial charge in [-0.25, -0.2) is 4.57 Å². The van der Waals surface area contributed by atoms with E-state index in [1.807, 2.05) is 27.2 Å². The third kappa shape index (κ3) is 73.0. The minimum Gasteiger partial charge on any atom is -0.456 e. The fourth-order valence-electron chi connectivity index (χ4n) is 11.5. The zero-order valence-electron chi connectivity index (χ0n) is 62.0. The van der Waals surface area contributed by atoms with Crippen molar-refractivity contribution in [1.29, 1.82) is 0 Å². The highest BCUT2D eigenvalue weighted by atomic mass is 31.2. The Morgan fingerprint density at radius 3 is 1.05 bits per heavy atom. The van der Waals surface area contributed by atoms with Gasteiger partial charge in [0.2, 0.25) is 5.91 Å². The van der Waals surface area contributed by atoms with Crippen LogP contribution in [0.1, 0.15) is 367 Å². The summed E-state index contributed by atoms with van der Waals surface area (Å²) in [5, 5.41) is 3.08. The number of quaternary nitrogens is 1. The first-order valence-corrected chi connectivity index (χ1v) is 41.1. The molecule has 3 atom stereocenters. The molecule has 93 heavy (non-hydrogen) atoms. The van der Waals surface area contributed by atoms with E-state index in [-0.39, 0.29) is 31.5 Å². The topological polar surface area (TPSA) is 111 Å². The fraction of sp³-hybridized carbons (Fsp3) is 0.783. The zero-order valence-corrected chi connectivity index (χ0v) is 62.9. The molecule has 0 heterocycles. The van der Waals surface area contributed by atoms with E-state index in [9.17, 15) is 19.0 Å². The number of amides is 1. The lowest BCUT2D eigenvalue weighted by atomic mass is 10.0. The van der Waals surface area contributed by atoms with Gasteiger partial charge in [0.1, 0.15) is 19.3 Å². The first kappa shape index (κ1) is 89.9. The number of unbranched alkanes of at least 4 members (excludes halogenated alkanes) is 42. The van der Waals surface area contributed by atoms with E-state index in [0.29, 0.717) is 17.4 Å². The number of allylic oxidation sites excluding steroid dienone is 15. The van der Waals surface area contributed by atoms with Crippen LogP contribution in [0.15, 0.2) is 97.2 Å². The first-order chi connectivity index (χ1) is 45.4. The Morgan fingerprint density at radius 1 is 0.387 bits per heavy atom. The molecule has 0 spiro atoms. The Kier molecular flexibility index (Phi) is 69.3. The van der Waals surface area contributed by atoms with Crippen LogP contribution in [-0.4, -0.2) is 74.3 Å². The van der Waals surface area contributed by atoms with Gasteiger partial charge in [0.25, 0.3) is 0 Å². The van der Waals surface area contributed by atoms with Crippen molar-refractivity contribution in [3.05, 3.63) is 97.2 Å². The number of phosphoric acid groups is 1. The highest BCUT2D eigenvalue weighted by Gasteiger charge is 2.30. The summed E-state index contributed by atoms with van der Waals surface area (Å²) in [6.07, 6.45) is 98.6. The van der Waals surface area contributed by atoms with E-state index >= 15 is 0 Å².